The van der Waals surface area contributed by atoms with E-state index < -0.39 is 18.7 Å². The number of carbonyl (C=O) groups excluding carboxylic acids is 1. The highest BCUT2D eigenvalue weighted by Gasteiger charge is 2.45. The number of methoxy groups -OCH3 is 1. The number of nitrogens with one attached hydrogen (secondary N) is 1. The van der Waals surface area contributed by atoms with Crippen LogP contribution in [0, 0.1) is 6.92 Å². The average molecular weight is 501 g/mol. The van der Waals surface area contributed by atoms with E-state index in [0.717, 1.165) is 29.7 Å². The molecule has 5 rings (SSSR count). The van der Waals surface area contributed by atoms with Crippen molar-refractivity contribution in [2.24, 2.45) is 0 Å². The Morgan fingerprint density at radius 2 is 1.81 bits per heavy atom. The number of hydrogen-bond acceptors (Lipinski definition) is 7. The summed E-state index contributed by atoms with van der Waals surface area (Å²) >= 11 is 0. The molecule has 1 aromatic carbocycles. The highest BCUT2D eigenvalue weighted by atomic mass is 19.4. The summed E-state index contributed by atoms with van der Waals surface area (Å²) in [5, 5.41) is 7.66. The van der Waals surface area contributed by atoms with Crippen molar-refractivity contribution in [1.29, 1.82) is 0 Å². The zero-order valence-electron chi connectivity index (χ0n) is 20.0. The first-order valence-electron chi connectivity index (χ1n) is 11.9. The molecule has 2 bridgehead atoms. The number of alkyl halides is 3. The van der Waals surface area contributed by atoms with Gasteiger partial charge in [0.2, 0.25) is 5.95 Å². The van der Waals surface area contributed by atoms with Gasteiger partial charge in [-0.05, 0) is 50.3 Å². The first kappa shape index (κ1) is 24.2. The van der Waals surface area contributed by atoms with E-state index in [1.54, 1.807) is 29.4 Å². The monoisotopic (exact) mass is 500 g/mol. The molecule has 0 aliphatic carbocycles. The number of halogens is 3. The minimum Gasteiger partial charge on any atom is -0.465 e. The molecule has 0 spiro atoms. The van der Waals surface area contributed by atoms with Gasteiger partial charge in [-0.1, -0.05) is 12.1 Å². The van der Waals surface area contributed by atoms with Gasteiger partial charge in [-0.2, -0.15) is 18.3 Å². The van der Waals surface area contributed by atoms with Gasteiger partial charge in [0.15, 0.2) is 0 Å². The van der Waals surface area contributed by atoms with E-state index in [9.17, 15) is 18.0 Å². The molecule has 2 unspecified atom stereocenters. The van der Waals surface area contributed by atoms with Crippen molar-refractivity contribution >= 4 is 17.6 Å². The normalized spacial score (nSPS) is 22.0. The Bertz CT molecular complexity index is 1230. The zero-order valence-corrected chi connectivity index (χ0v) is 20.0. The predicted molar refractivity (Wildman–Crippen MR) is 127 cm³/mol. The van der Waals surface area contributed by atoms with E-state index in [4.69, 9.17) is 4.74 Å². The van der Waals surface area contributed by atoms with E-state index in [-0.39, 0.29) is 18.1 Å². The van der Waals surface area contributed by atoms with Crippen LogP contribution in [0.25, 0.3) is 11.3 Å². The second-order valence-electron chi connectivity index (χ2n) is 9.43. The van der Waals surface area contributed by atoms with Crippen molar-refractivity contribution in [2.45, 2.75) is 56.9 Å². The molecule has 2 saturated heterocycles. The molecule has 8 nitrogen and oxygen atoms in total. The Hall–Kier alpha value is -3.47. The van der Waals surface area contributed by atoms with Crippen LogP contribution in [0.15, 0.2) is 42.9 Å². The van der Waals surface area contributed by atoms with Crippen LogP contribution >= 0.6 is 0 Å². The summed E-state index contributed by atoms with van der Waals surface area (Å²) in [7, 11) is 1.34. The van der Waals surface area contributed by atoms with Gasteiger partial charge in [-0.3, -0.25) is 9.58 Å². The van der Waals surface area contributed by atoms with Crippen molar-refractivity contribution in [3.63, 3.8) is 0 Å². The average Bonchev–Trinajstić information content (AvgIpc) is 3.39. The molecule has 0 radical (unpaired) electrons. The second-order valence-corrected chi connectivity index (χ2v) is 9.43. The van der Waals surface area contributed by atoms with Crippen LogP contribution < -0.4 is 5.32 Å². The van der Waals surface area contributed by atoms with E-state index in [0.29, 0.717) is 30.0 Å². The summed E-state index contributed by atoms with van der Waals surface area (Å²) in [5.41, 5.74) is 3.60. The summed E-state index contributed by atoms with van der Waals surface area (Å²) in [6.45, 7) is 1.07. The van der Waals surface area contributed by atoms with Crippen LogP contribution in [0.2, 0.25) is 0 Å². The number of piperidine rings is 1. The molecule has 2 fully saturated rings. The summed E-state index contributed by atoms with van der Waals surface area (Å²) in [6.07, 6.45) is 3.98. The maximum Gasteiger partial charge on any atom is 0.401 e. The largest absolute Gasteiger partial charge is 0.465 e. The molecule has 2 atom stereocenters. The number of anilines is 2. The lowest BCUT2D eigenvalue weighted by Gasteiger charge is -2.39. The number of aromatic nitrogens is 4. The fraction of sp³-hybridized carbons (Fsp3) is 0.440. The topological polar surface area (TPSA) is 85.2 Å². The number of aryl methyl sites for hydroxylation is 1. The first-order valence-corrected chi connectivity index (χ1v) is 11.9. The van der Waals surface area contributed by atoms with Crippen molar-refractivity contribution in [3.8, 4) is 11.3 Å². The number of hydrogen-bond donors (Lipinski definition) is 1. The molecular weight excluding hydrogens is 473 g/mol. The van der Waals surface area contributed by atoms with Gasteiger partial charge >= 0.3 is 12.1 Å². The van der Waals surface area contributed by atoms with Crippen molar-refractivity contribution < 1.29 is 22.7 Å². The lowest BCUT2D eigenvalue weighted by molar-refractivity contribution is -0.156. The minimum absolute atomic E-state index is 0.0605. The fourth-order valence-electron chi connectivity index (χ4n) is 5.33. The van der Waals surface area contributed by atoms with Crippen LogP contribution in [0.5, 0.6) is 0 Å². The van der Waals surface area contributed by atoms with Gasteiger partial charge in [0, 0.05) is 30.0 Å². The van der Waals surface area contributed by atoms with Gasteiger partial charge in [0.05, 0.1) is 42.8 Å². The van der Waals surface area contributed by atoms with Gasteiger partial charge in [0.25, 0.3) is 0 Å². The van der Waals surface area contributed by atoms with Crippen LogP contribution in [0.1, 0.15) is 47.6 Å². The summed E-state index contributed by atoms with van der Waals surface area (Å²) < 4.78 is 45.5. The lowest BCUT2D eigenvalue weighted by Crippen LogP contribution is -2.47. The number of benzene rings is 1. The third-order valence-electron chi connectivity index (χ3n) is 7.00. The van der Waals surface area contributed by atoms with E-state index in [1.165, 1.54) is 7.11 Å². The fourth-order valence-corrected chi connectivity index (χ4v) is 5.33. The number of fused-ring (bicyclic) bond motifs is 2. The van der Waals surface area contributed by atoms with Crippen LogP contribution in [0.3, 0.4) is 0 Å². The number of nitrogens with zero attached hydrogens (tertiary/aromatic N) is 5. The van der Waals surface area contributed by atoms with Gasteiger partial charge in [-0.25, -0.2) is 14.8 Å². The maximum absolute atomic E-state index is 13.0. The quantitative estimate of drug-likeness (QED) is 0.482. The van der Waals surface area contributed by atoms with Gasteiger partial charge in [-0.15, -0.1) is 0 Å². The lowest BCUT2D eigenvalue weighted by atomic mass is 9.97. The predicted octanol–water partition coefficient (Wildman–Crippen LogP) is 4.91. The van der Waals surface area contributed by atoms with E-state index in [2.05, 4.69) is 20.4 Å². The molecule has 3 aromatic rings. The number of rotatable bonds is 6. The molecule has 2 aliphatic heterocycles. The number of esters is 1. The Kier molecular flexibility index (Phi) is 6.42. The summed E-state index contributed by atoms with van der Waals surface area (Å²) in [4.78, 5) is 22.3. The van der Waals surface area contributed by atoms with Crippen LogP contribution in [-0.4, -0.2) is 62.5 Å². The Morgan fingerprint density at radius 3 is 2.44 bits per heavy atom. The molecule has 36 heavy (non-hydrogen) atoms. The minimum atomic E-state index is -4.17. The SMILES string of the molecule is COC(=O)c1ccc(-c2nc(Nc3cnn(C4CC5CCC(C4)N5CC(F)(F)F)c3)ncc2C)cc1. The Morgan fingerprint density at radius 1 is 1.11 bits per heavy atom. The molecule has 11 heteroatoms. The Balaban J connectivity index is 1.28. The Labute approximate surface area is 206 Å². The molecule has 4 heterocycles. The highest BCUT2D eigenvalue weighted by Crippen LogP contribution is 2.42. The van der Waals surface area contributed by atoms with Crippen LogP contribution in [0.4, 0.5) is 24.8 Å². The second kappa shape index (κ2) is 9.53. The molecular formula is C25H27F3N6O2. The van der Waals surface area contributed by atoms with Crippen molar-refractivity contribution in [1.82, 2.24) is 24.6 Å². The summed E-state index contributed by atoms with van der Waals surface area (Å²) in [6, 6.07) is 6.92. The van der Waals surface area contributed by atoms with Crippen molar-refractivity contribution in [2.75, 3.05) is 19.0 Å². The smallest absolute Gasteiger partial charge is 0.401 e. The van der Waals surface area contributed by atoms with Crippen molar-refractivity contribution in [3.05, 3.63) is 54.0 Å². The molecule has 0 amide bonds. The van der Waals surface area contributed by atoms with Gasteiger partial charge < -0.3 is 10.1 Å². The molecule has 2 aliphatic rings. The molecule has 190 valence electrons. The van der Waals surface area contributed by atoms with Gasteiger partial charge in [0.1, 0.15) is 0 Å². The standard InChI is InChI=1S/C25H27F3N6O2/c1-15-11-29-24(32-22(15)16-3-5-17(6-4-16)23(35)36-2)31-18-12-30-34(13-18)21-9-19-7-8-20(10-21)33(19)14-25(26,27)28/h3-6,11-13,19-21H,7-10,14H2,1-2H3,(H,29,31,32). The third-order valence-corrected chi connectivity index (χ3v) is 7.00. The molecule has 1 N–H and O–H groups in total. The van der Waals surface area contributed by atoms with Crippen LogP contribution in [-0.2, 0) is 4.74 Å². The maximum atomic E-state index is 13.0. The number of ether oxygens (including phenoxy) is 1. The first-order chi connectivity index (χ1) is 17.2. The summed E-state index contributed by atoms with van der Waals surface area (Å²) in [5.74, 6) is -0.00776. The van der Waals surface area contributed by atoms with E-state index in [1.807, 2.05) is 29.9 Å². The molecule has 0 saturated carbocycles. The zero-order chi connectivity index (χ0) is 25.4. The molecule has 2 aromatic heterocycles. The third kappa shape index (κ3) is 5.06. The van der Waals surface area contributed by atoms with E-state index >= 15 is 0 Å². The number of carbonyl (C=O) groups is 1. The highest BCUT2D eigenvalue weighted by molar-refractivity contribution is 5.89.